The first kappa shape index (κ1) is 21.8. The molecule has 2 amide bonds. The molecule has 0 saturated heterocycles. The Labute approximate surface area is 176 Å². The quantitative estimate of drug-likeness (QED) is 0.392. The Morgan fingerprint density at radius 1 is 1.03 bits per heavy atom. The number of aryl methyl sites for hydroxylation is 1. The predicted octanol–water partition coefficient (Wildman–Crippen LogP) is 2.16. The van der Waals surface area contributed by atoms with Crippen molar-refractivity contribution in [2.45, 2.75) is 13.5 Å². The van der Waals surface area contributed by atoms with E-state index in [9.17, 15) is 19.2 Å². The predicted molar refractivity (Wildman–Crippen MR) is 116 cm³/mol. The monoisotopic (exact) mass is 426 g/mol. The van der Waals surface area contributed by atoms with E-state index in [-0.39, 0.29) is 13.2 Å². The van der Waals surface area contributed by atoms with Crippen molar-refractivity contribution in [2.75, 3.05) is 31.0 Å². The summed E-state index contributed by atoms with van der Waals surface area (Å²) in [6, 6.07) is 11.2. The Balaban J connectivity index is 1.76. The van der Waals surface area contributed by atoms with E-state index < -0.39 is 23.1 Å². The molecule has 10 heteroatoms. The fourth-order valence-electron chi connectivity index (χ4n) is 2.98. The summed E-state index contributed by atoms with van der Waals surface area (Å²) in [7, 11) is 1.50. The number of ether oxygens (including phenoxy) is 2. The van der Waals surface area contributed by atoms with Crippen LogP contribution in [-0.4, -0.2) is 41.9 Å². The van der Waals surface area contributed by atoms with Gasteiger partial charge in [-0.25, -0.2) is 4.79 Å². The summed E-state index contributed by atoms with van der Waals surface area (Å²) in [5, 5.41) is 5.29. The van der Waals surface area contributed by atoms with E-state index in [0.717, 1.165) is 0 Å². The van der Waals surface area contributed by atoms with Gasteiger partial charge in [0.05, 0.1) is 17.6 Å². The molecule has 0 fully saturated rings. The van der Waals surface area contributed by atoms with Crippen molar-refractivity contribution < 1.29 is 19.1 Å². The number of nitrogens with zero attached hydrogens (tertiary/aromatic N) is 1. The van der Waals surface area contributed by atoms with Crippen molar-refractivity contribution in [3.8, 4) is 0 Å². The van der Waals surface area contributed by atoms with Gasteiger partial charge in [-0.15, -0.1) is 0 Å². The maximum absolute atomic E-state index is 12.7. The van der Waals surface area contributed by atoms with Gasteiger partial charge >= 0.3 is 17.2 Å². The molecule has 0 radical (unpaired) electrons. The number of fused-ring (bicyclic) bond motifs is 1. The van der Waals surface area contributed by atoms with Gasteiger partial charge in [-0.05, 0) is 43.3 Å². The molecule has 1 heterocycles. The molecule has 10 nitrogen and oxygen atoms in total. The fourth-order valence-corrected chi connectivity index (χ4v) is 2.98. The number of aromatic nitrogens is 2. The first-order chi connectivity index (χ1) is 14.9. The van der Waals surface area contributed by atoms with Crippen molar-refractivity contribution in [2.24, 2.45) is 0 Å². The van der Waals surface area contributed by atoms with E-state index >= 15 is 0 Å². The van der Waals surface area contributed by atoms with Gasteiger partial charge in [0.25, 0.3) is 5.91 Å². The van der Waals surface area contributed by atoms with E-state index in [0.29, 0.717) is 34.5 Å². The molecule has 0 spiro atoms. The van der Waals surface area contributed by atoms with Crippen LogP contribution in [0.15, 0.2) is 52.1 Å². The molecule has 1 aromatic heterocycles. The first-order valence-corrected chi connectivity index (χ1v) is 9.54. The third-order valence-electron chi connectivity index (χ3n) is 4.44. The SMILES string of the molecule is CCn1c(=O)c(=O)[nH]c2cc(C(=O)Nc3cccc(NC(=O)OCCOC)c3)ccc21. The highest BCUT2D eigenvalue weighted by atomic mass is 16.6. The lowest BCUT2D eigenvalue weighted by atomic mass is 10.1. The molecule has 3 aromatic rings. The minimum absolute atomic E-state index is 0.120. The minimum atomic E-state index is -0.747. The lowest BCUT2D eigenvalue weighted by Crippen LogP contribution is -2.36. The highest BCUT2D eigenvalue weighted by molar-refractivity contribution is 6.06. The smallest absolute Gasteiger partial charge is 0.411 e. The molecule has 0 bridgehead atoms. The molecule has 2 aromatic carbocycles. The van der Waals surface area contributed by atoms with Crippen molar-refractivity contribution >= 4 is 34.4 Å². The summed E-state index contributed by atoms with van der Waals surface area (Å²) in [4.78, 5) is 50.7. The first-order valence-electron chi connectivity index (χ1n) is 9.54. The lowest BCUT2D eigenvalue weighted by Gasteiger charge is -2.11. The summed E-state index contributed by atoms with van der Waals surface area (Å²) in [5.74, 6) is -0.420. The number of benzene rings is 2. The fraction of sp³-hybridized carbons (Fsp3) is 0.238. The van der Waals surface area contributed by atoms with Crippen LogP contribution in [0.1, 0.15) is 17.3 Å². The van der Waals surface area contributed by atoms with E-state index in [2.05, 4.69) is 15.6 Å². The van der Waals surface area contributed by atoms with Crippen LogP contribution in [0.25, 0.3) is 11.0 Å². The minimum Gasteiger partial charge on any atom is -0.447 e. The summed E-state index contributed by atoms with van der Waals surface area (Å²) < 4.78 is 11.1. The van der Waals surface area contributed by atoms with Gasteiger partial charge in [-0.2, -0.15) is 0 Å². The lowest BCUT2D eigenvalue weighted by molar-refractivity contribution is 0.102. The molecule has 0 aliphatic rings. The van der Waals surface area contributed by atoms with Crippen LogP contribution in [-0.2, 0) is 16.0 Å². The van der Waals surface area contributed by atoms with Crippen LogP contribution in [0.2, 0.25) is 0 Å². The molecule has 3 N–H and O–H groups in total. The van der Waals surface area contributed by atoms with Crippen LogP contribution in [0, 0.1) is 0 Å². The second-order valence-corrected chi connectivity index (χ2v) is 6.52. The van der Waals surface area contributed by atoms with Crippen molar-refractivity contribution in [1.29, 1.82) is 0 Å². The van der Waals surface area contributed by atoms with E-state index in [4.69, 9.17) is 9.47 Å². The molecule has 0 aliphatic carbocycles. The standard InChI is InChI=1S/C21H22N4O6/c1-3-25-17-8-7-13(11-16(17)24-19(27)20(25)28)18(26)22-14-5-4-6-15(12-14)23-21(29)31-10-9-30-2/h4-8,11-12H,3,9-10H2,1-2H3,(H,22,26)(H,23,29)(H,24,27). The van der Waals surface area contributed by atoms with Gasteiger partial charge in [0, 0.05) is 30.6 Å². The zero-order chi connectivity index (χ0) is 22.4. The van der Waals surface area contributed by atoms with Crippen molar-refractivity contribution in [3.63, 3.8) is 0 Å². The molecule has 0 unspecified atom stereocenters. The van der Waals surface area contributed by atoms with Crippen LogP contribution in [0.5, 0.6) is 0 Å². The van der Waals surface area contributed by atoms with E-state index in [1.54, 1.807) is 43.3 Å². The third-order valence-corrected chi connectivity index (χ3v) is 4.44. The van der Waals surface area contributed by atoms with Gasteiger partial charge < -0.3 is 24.3 Å². The Bertz CT molecular complexity index is 1230. The van der Waals surface area contributed by atoms with Gasteiger partial charge in [-0.1, -0.05) is 6.07 Å². The summed E-state index contributed by atoms with van der Waals surface area (Å²) in [6.45, 7) is 2.50. The Kier molecular flexibility index (Phi) is 6.83. The Morgan fingerprint density at radius 2 is 1.77 bits per heavy atom. The Morgan fingerprint density at radius 3 is 2.48 bits per heavy atom. The number of carbonyl (C=O) groups excluding carboxylic acids is 2. The maximum Gasteiger partial charge on any atom is 0.411 e. The third kappa shape index (κ3) is 5.17. The number of nitrogens with one attached hydrogen (secondary N) is 3. The highest BCUT2D eigenvalue weighted by Gasteiger charge is 2.12. The molecular weight excluding hydrogens is 404 g/mol. The second kappa shape index (κ2) is 9.72. The Hall–Kier alpha value is -3.92. The topological polar surface area (TPSA) is 132 Å². The number of amides is 2. The van der Waals surface area contributed by atoms with Crippen LogP contribution < -0.4 is 21.8 Å². The van der Waals surface area contributed by atoms with Crippen LogP contribution >= 0.6 is 0 Å². The number of rotatable bonds is 7. The molecule has 31 heavy (non-hydrogen) atoms. The molecule has 3 rings (SSSR count). The molecule has 0 aliphatic heterocycles. The molecule has 162 valence electrons. The van der Waals surface area contributed by atoms with E-state index in [1.165, 1.54) is 17.7 Å². The van der Waals surface area contributed by atoms with Gasteiger partial charge in [-0.3, -0.25) is 19.7 Å². The number of hydrogen-bond donors (Lipinski definition) is 3. The largest absolute Gasteiger partial charge is 0.447 e. The van der Waals surface area contributed by atoms with Gasteiger partial charge in [0.15, 0.2) is 0 Å². The highest BCUT2D eigenvalue weighted by Crippen LogP contribution is 2.18. The number of anilines is 2. The zero-order valence-corrected chi connectivity index (χ0v) is 17.1. The average Bonchev–Trinajstić information content (AvgIpc) is 2.75. The summed E-state index contributed by atoms with van der Waals surface area (Å²) in [5.41, 5.74) is 0.708. The summed E-state index contributed by atoms with van der Waals surface area (Å²) in [6.07, 6.45) is -0.638. The molecule has 0 atom stereocenters. The summed E-state index contributed by atoms with van der Waals surface area (Å²) >= 11 is 0. The van der Waals surface area contributed by atoms with Crippen molar-refractivity contribution in [3.05, 3.63) is 68.7 Å². The number of methoxy groups -OCH3 is 1. The second-order valence-electron chi connectivity index (χ2n) is 6.52. The number of hydrogen-bond acceptors (Lipinski definition) is 6. The number of H-pyrrole nitrogens is 1. The van der Waals surface area contributed by atoms with Gasteiger partial charge in [0.2, 0.25) is 0 Å². The van der Waals surface area contributed by atoms with Crippen LogP contribution in [0.3, 0.4) is 0 Å². The van der Waals surface area contributed by atoms with Crippen molar-refractivity contribution in [1.82, 2.24) is 9.55 Å². The van der Waals surface area contributed by atoms with Gasteiger partial charge in [0.1, 0.15) is 6.61 Å². The number of carbonyl (C=O) groups is 2. The normalized spacial score (nSPS) is 10.6. The van der Waals surface area contributed by atoms with Crippen LogP contribution in [0.4, 0.5) is 16.2 Å². The molecular formula is C21H22N4O6. The van der Waals surface area contributed by atoms with E-state index in [1.807, 2.05) is 0 Å². The molecule has 0 saturated carbocycles. The average molecular weight is 426 g/mol. The maximum atomic E-state index is 12.7. The zero-order valence-electron chi connectivity index (χ0n) is 17.1. The number of aromatic amines is 1.